The summed E-state index contributed by atoms with van der Waals surface area (Å²) in [5.41, 5.74) is 2.59. The molecular formula is C20H30O2. The molecule has 2 nitrogen and oxygen atoms in total. The Labute approximate surface area is 135 Å². The van der Waals surface area contributed by atoms with Gasteiger partial charge in [0.15, 0.2) is 0 Å². The Morgan fingerprint density at radius 1 is 1.23 bits per heavy atom. The molecule has 122 valence electrons. The number of hydrogen-bond donors (Lipinski definition) is 0. The van der Waals surface area contributed by atoms with Gasteiger partial charge in [-0.25, -0.2) is 0 Å². The highest BCUT2D eigenvalue weighted by molar-refractivity contribution is 5.24. The number of rotatable bonds is 5. The van der Waals surface area contributed by atoms with E-state index in [4.69, 9.17) is 9.47 Å². The van der Waals surface area contributed by atoms with Gasteiger partial charge in [-0.1, -0.05) is 38.1 Å². The minimum absolute atomic E-state index is 0.0928. The molecule has 3 aliphatic rings. The summed E-state index contributed by atoms with van der Waals surface area (Å²) >= 11 is 0. The molecule has 2 heteroatoms. The third kappa shape index (κ3) is 2.61. The maximum atomic E-state index is 6.67. The minimum atomic E-state index is -0.108. The number of hydrogen-bond acceptors (Lipinski definition) is 2. The molecule has 2 aliphatic heterocycles. The van der Waals surface area contributed by atoms with Crippen molar-refractivity contribution in [3.8, 4) is 0 Å². The van der Waals surface area contributed by atoms with Crippen LogP contribution in [-0.4, -0.2) is 17.3 Å². The monoisotopic (exact) mass is 302 g/mol. The fraction of sp³-hybridized carbons (Fsp3) is 0.700. The number of ether oxygens (including phenoxy) is 2. The van der Waals surface area contributed by atoms with E-state index in [9.17, 15) is 0 Å². The molecule has 0 spiro atoms. The zero-order chi connectivity index (χ0) is 15.8. The van der Waals surface area contributed by atoms with Crippen LogP contribution < -0.4 is 0 Å². The molecular weight excluding hydrogens is 272 g/mol. The van der Waals surface area contributed by atoms with E-state index >= 15 is 0 Å². The van der Waals surface area contributed by atoms with Crippen molar-refractivity contribution in [1.29, 1.82) is 0 Å². The topological polar surface area (TPSA) is 18.5 Å². The van der Waals surface area contributed by atoms with Gasteiger partial charge in [-0.05, 0) is 63.0 Å². The maximum absolute atomic E-state index is 6.67. The summed E-state index contributed by atoms with van der Waals surface area (Å²) < 4.78 is 13.0. The van der Waals surface area contributed by atoms with E-state index in [0.29, 0.717) is 12.5 Å². The summed E-state index contributed by atoms with van der Waals surface area (Å²) in [6.07, 6.45) is 6.06. The Morgan fingerprint density at radius 2 is 1.95 bits per heavy atom. The second kappa shape index (κ2) is 5.98. The zero-order valence-corrected chi connectivity index (χ0v) is 14.5. The largest absolute Gasteiger partial charge is 0.371 e. The van der Waals surface area contributed by atoms with Crippen molar-refractivity contribution in [3.63, 3.8) is 0 Å². The fourth-order valence-corrected chi connectivity index (χ4v) is 4.57. The average Bonchev–Trinajstić information content (AvgIpc) is 2.54. The van der Waals surface area contributed by atoms with Gasteiger partial charge in [0.2, 0.25) is 0 Å². The van der Waals surface area contributed by atoms with Crippen molar-refractivity contribution in [2.75, 3.05) is 0 Å². The van der Waals surface area contributed by atoms with Crippen LogP contribution in [-0.2, 0) is 16.1 Å². The van der Waals surface area contributed by atoms with E-state index in [1.165, 1.54) is 17.5 Å². The highest BCUT2D eigenvalue weighted by atomic mass is 16.6. The van der Waals surface area contributed by atoms with Crippen LogP contribution in [0.5, 0.6) is 0 Å². The molecule has 1 saturated carbocycles. The Kier molecular flexibility index (Phi) is 4.35. The van der Waals surface area contributed by atoms with Crippen molar-refractivity contribution >= 4 is 0 Å². The van der Waals surface area contributed by atoms with Gasteiger partial charge in [0.25, 0.3) is 0 Å². The number of benzene rings is 1. The summed E-state index contributed by atoms with van der Waals surface area (Å²) in [5.74, 6) is 0.659. The lowest BCUT2D eigenvalue weighted by Crippen LogP contribution is -2.63. The first-order valence-corrected chi connectivity index (χ1v) is 8.89. The molecule has 2 bridgehead atoms. The SMILES string of the molecule is CCC1(CC)OC2(C)CCC1CC2OCc1ccccc1C. The van der Waals surface area contributed by atoms with Crippen molar-refractivity contribution in [3.05, 3.63) is 35.4 Å². The predicted molar refractivity (Wildman–Crippen MR) is 89.9 cm³/mol. The Hall–Kier alpha value is -0.860. The summed E-state index contributed by atoms with van der Waals surface area (Å²) in [5, 5.41) is 0. The van der Waals surface area contributed by atoms with E-state index in [0.717, 1.165) is 25.7 Å². The molecule has 1 aromatic rings. The third-order valence-corrected chi connectivity index (χ3v) is 6.25. The number of fused-ring (bicyclic) bond motifs is 3. The summed E-state index contributed by atoms with van der Waals surface area (Å²) in [6.45, 7) is 9.68. The molecule has 0 N–H and O–H groups in total. The van der Waals surface area contributed by atoms with Gasteiger partial charge in [-0.2, -0.15) is 0 Å². The molecule has 0 amide bonds. The third-order valence-electron chi connectivity index (χ3n) is 6.25. The van der Waals surface area contributed by atoms with Gasteiger partial charge in [0.05, 0.1) is 23.9 Å². The first-order chi connectivity index (χ1) is 10.5. The van der Waals surface area contributed by atoms with Crippen molar-refractivity contribution in [2.45, 2.75) is 83.7 Å². The molecule has 2 saturated heterocycles. The van der Waals surface area contributed by atoms with Crippen LogP contribution >= 0.6 is 0 Å². The first kappa shape index (κ1) is 16.0. The van der Waals surface area contributed by atoms with Crippen LogP contribution in [0.4, 0.5) is 0 Å². The summed E-state index contributed by atoms with van der Waals surface area (Å²) in [6, 6.07) is 8.50. The maximum Gasteiger partial charge on any atom is 0.0923 e. The fourth-order valence-electron chi connectivity index (χ4n) is 4.57. The van der Waals surface area contributed by atoms with Crippen LogP contribution in [0, 0.1) is 12.8 Å². The lowest BCUT2D eigenvalue weighted by atomic mass is 9.64. The van der Waals surface area contributed by atoms with E-state index < -0.39 is 0 Å². The molecule has 1 aliphatic carbocycles. The molecule has 3 unspecified atom stereocenters. The second-order valence-electron chi connectivity index (χ2n) is 7.38. The van der Waals surface area contributed by atoms with Gasteiger partial charge in [-0.15, -0.1) is 0 Å². The first-order valence-electron chi connectivity index (χ1n) is 8.89. The molecule has 0 radical (unpaired) electrons. The Balaban J connectivity index is 1.71. The van der Waals surface area contributed by atoms with E-state index in [2.05, 4.69) is 52.0 Å². The van der Waals surface area contributed by atoms with Gasteiger partial charge in [0, 0.05) is 0 Å². The van der Waals surface area contributed by atoms with Gasteiger partial charge >= 0.3 is 0 Å². The second-order valence-corrected chi connectivity index (χ2v) is 7.38. The highest BCUT2D eigenvalue weighted by Gasteiger charge is 2.56. The lowest BCUT2D eigenvalue weighted by Gasteiger charge is -2.59. The van der Waals surface area contributed by atoms with Crippen LogP contribution in [0.1, 0.15) is 64.0 Å². The Bertz CT molecular complexity index is 520. The zero-order valence-electron chi connectivity index (χ0n) is 14.5. The van der Waals surface area contributed by atoms with Gasteiger partial charge in [-0.3, -0.25) is 0 Å². The highest BCUT2D eigenvalue weighted by Crippen LogP contribution is 2.53. The molecule has 3 atom stereocenters. The van der Waals surface area contributed by atoms with Gasteiger partial charge < -0.3 is 9.47 Å². The molecule has 22 heavy (non-hydrogen) atoms. The normalized spacial score (nSPS) is 33.1. The molecule has 3 fully saturated rings. The minimum Gasteiger partial charge on any atom is -0.371 e. The lowest BCUT2D eigenvalue weighted by molar-refractivity contribution is -0.298. The van der Waals surface area contributed by atoms with Gasteiger partial charge in [0.1, 0.15) is 0 Å². The van der Waals surface area contributed by atoms with Crippen LogP contribution in [0.15, 0.2) is 24.3 Å². The van der Waals surface area contributed by atoms with E-state index in [1.54, 1.807) is 0 Å². The van der Waals surface area contributed by atoms with Crippen LogP contribution in [0.25, 0.3) is 0 Å². The standard InChI is InChI=1S/C20H30O2/c1-5-20(6-2)17-11-12-19(4,22-20)18(13-17)21-14-16-10-8-7-9-15(16)3/h7-10,17-18H,5-6,11-14H2,1-4H3. The molecule has 1 aromatic carbocycles. The predicted octanol–water partition coefficient (Wildman–Crippen LogP) is 5.03. The quantitative estimate of drug-likeness (QED) is 0.759. The van der Waals surface area contributed by atoms with E-state index in [1.807, 2.05) is 0 Å². The van der Waals surface area contributed by atoms with Crippen LogP contribution in [0.2, 0.25) is 0 Å². The summed E-state index contributed by atoms with van der Waals surface area (Å²) in [4.78, 5) is 0. The molecule has 2 heterocycles. The molecule has 4 rings (SSSR count). The van der Waals surface area contributed by atoms with Crippen molar-refractivity contribution < 1.29 is 9.47 Å². The van der Waals surface area contributed by atoms with Crippen molar-refractivity contribution in [1.82, 2.24) is 0 Å². The van der Waals surface area contributed by atoms with Crippen molar-refractivity contribution in [2.24, 2.45) is 5.92 Å². The smallest absolute Gasteiger partial charge is 0.0923 e. The summed E-state index contributed by atoms with van der Waals surface area (Å²) in [7, 11) is 0. The van der Waals surface area contributed by atoms with Crippen LogP contribution in [0.3, 0.4) is 0 Å². The number of aryl methyl sites for hydroxylation is 1. The Morgan fingerprint density at radius 3 is 2.59 bits per heavy atom. The molecule has 0 aromatic heterocycles. The van der Waals surface area contributed by atoms with E-state index in [-0.39, 0.29) is 17.3 Å². The average molecular weight is 302 g/mol.